The van der Waals surface area contributed by atoms with Gasteiger partial charge in [0.25, 0.3) is 0 Å². The van der Waals surface area contributed by atoms with E-state index in [0.717, 1.165) is 89.2 Å². The Morgan fingerprint density at radius 3 is 1.25 bits per heavy atom. The third-order valence-electron chi connectivity index (χ3n) is 8.81. The Kier molecular flexibility index (Phi) is 33.1. The Morgan fingerprint density at radius 1 is 0.500 bits per heavy atom. The van der Waals surface area contributed by atoms with Crippen LogP contribution in [0.2, 0.25) is 0 Å². The van der Waals surface area contributed by atoms with Gasteiger partial charge in [-0.15, -0.1) is 0 Å². The average Bonchev–Trinajstić information content (AvgIpc) is 3.19. The van der Waals surface area contributed by atoms with Crippen LogP contribution in [0.15, 0.2) is 0 Å². The average molecular weight is 895 g/mol. The zero-order chi connectivity index (χ0) is 45.1. The van der Waals surface area contributed by atoms with E-state index in [1.54, 1.807) is 0 Å². The summed E-state index contributed by atoms with van der Waals surface area (Å²) < 4.78 is 5.36. The number of hydrogen-bond donors (Lipinski definition) is 10. The summed E-state index contributed by atoms with van der Waals surface area (Å²) in [4.78, 5) is 105. The Labute approximate surface area is 359 Å². The molecule has 0 bridgehead atoms. The highest BCUT2D eigenvalue weighted by atomic mass is 32.2. The van der Waals surface area contributed by atoms with Gasteiger partial charge in [-0.1, -0.05) is 57.8 Å². The van der Waals surface area contributed by atoms with E-state index in [9.17, 15) is 43.2 Å². The molecule has 0 aromatic rings. The van der Waals surface area contributed by atoms with Gasteiger partial charge >= 0.3 is 29.8 Å². The second kappa shape index (κ2) is 35.6. The molecule has 0 spiro atoms. The summed E-state index contributed by atoms with van der Waals surface area (Å²) in [5, 5.41) is 45.0. The standard InChI is InChI=1S/C38H66N6O14S2/c39-26(37(54)55)15-17-30(45)43-28(35(52)41-22-32(47)48)24-59-20-12-8-4-2-1-3-7-11-19-58-34(51)14-10-6-5-9-13-21-60-25-29(36(53)42-23-33(49)50)44-31(46)18-16-27(40)38(56)57/h26-29H,1-25,39-40H2,(H,41,52)(H,42,53)(H,43,45)(H,44,46)(H,47,48)(H,49,50)(H,54,55)(H,56,57). The largest absolute Gasteiger partial charge is 0.480 e. The molecule has 0 aliphatic rings. The van der Waals surface area contributed by atoms with Crippen molar-refractivity contribution in [1.82, 2.24) is 21.3 Å². The Balaban J connectivity index is 4.00. The van der Waals surface area contributed by atoms with Gasteiger partial charge in [-0.2, -0.15) is 23.5 Å². The number of carbonyl (C=O) groups excluding carboxylic acids is 5. The van der Waals surface area contributed by atoms with Gasteiger partial charge in [-0.3, -0.25) is 43.2 Å². The second-order valence-corrected chi connectivity index (χ2v) is 16.4. The first-order chi connectivity index (χ1) is 28.5. The van der Waals surface area contributed by atoms with Crippen LogP contribution in [0, 0.1) is 0 Å². The molecule has 0 aromatic carbocycles. The molecule has 12 N–H and O–H groups in total. The van der Waals surface area contributed by atoms with Crippen molar-refractivity contribution < 1.29 is 68.3 Å². The lowest BCUT2D eigenvalue weighted by atomic mass is 10.1. The minimum Gasteiger partial charge on any atom is -0.480 e. The number of amides is 4. The van der Waals surface area contributed by atoms with Crippen molar-refractivity contribution >= 4 is 77.0 Å². The fourth-order valence-corrected chi connectivity index (χ4v) is 7.41. The summed E-state index contributed by atoms with van der Waals surface area (Å²) in [5.41, 5.74) is 10.8. The van der Waals surface area contributed by atoms with Gasteiger partial charge < -0.3 is 57.9 Å². The number of thioether (sulfide) groups is 2. The summed E-state index contributed by atoms with van der Waals surface area (Å²) >= 11 is 2.89. The second-order valence-electron chi connectivity index (χ2n) is 14.1. The molecule has 20 nitrogen and oxygen atoms in total. The Bertz CT molecular complexity index is 1340. The number of esters is 1. The van der Waals surface area contributed by atoms with E-state index in [1.807, 2.05) is 0 Å². The molecule has 0 saturated heterocycles. The molecule has 0 aliphatic heterocycles. The number of hydrogen-bond acceptors (Lipinski definition) is 14. The maximum Gasteiger partial charge on any atom is 0.322 e. The zero-order valence-electron chi connectivity index (χ0n) is 34.3. The van der Waals surface area contributed by atoms with E-state index in [4.69, 9.17) is 36.6 Å². The monoisotopic (exact) mass is 894 g/mol. The molecule has 0 rings (SSSR count). The van der Waals surface area contributed by atoms with Gasteiger partial charge in [-0.05, 0) is 50.0 Å². The molecule has 0 aliphatic carbocycles. The maximum absolute atomic E-state index is 12.4. The van der Waals surface area contributed by atoms with Crippen LogP contribution in [-0.2, 0) is 47.9 Å². The molecule has 344 valence electrons. The summed E-state index contributed by atoms with van der Waals surface area (Å²) in [5.74, 6) is -5.60. The topological polar surface area (TPSA) is 344 Å². The molecule has 0 radical (unpaired) electrons. The van der Waals surface area contributed by atoms with Gasteiger partial charge in [0.15, 0.2) is 0 Å². The number of nitrogens with one attached hydrogen (secondary N) is 4. The summed E-state index contributed by atoms with van der Waals surface area (Å²) in [6.45, 7) is -0.788. The molecule has 4 unspecified atom stereocenters. The molecule has 4 amide bonds. The summed E-state index contributed by atoms with van der Waals surface area (Å²) in [6.07, 6.45) is 11.9. The number of aliphatic carboxylic acids is 4. The first kappa shape index (κ1) is 55.9. The highest BCUT2D eigenvalue weighted by Crippen LogP contribution is 2.14. The van der Waals surface area contributed by atoms with E-state index in [0.29, 0.717) is 18.8 Å². The molecular weight excluding hydrogens is 829 g/mol. The molecular formula is C38H66N6O14S2. The molecule has 0 saturated carbocycles. The van der Waals surface area contributed by atoms with Crippen LogP contribution in [0.1, 0.15) is 116 Å². The smallest absolute Gasteiger partial charge is 0.322 e. The third-order valence-corrected chi connectivity index (χ3v) is 11.1. The Morgan fingerprint density at radius 2 is 0.867 bits per heavy atom. The van der Waals surface area contributed by atoms with Crippen LogP contribution < -0.4 is 32.7 Å². The van der Waals surface area contributed by atoms with E-state index in [2.05, 4.69) is 21.3 Å². The van der Waals surface area contributed by atoms with Crippen molar-refractivity contribution in [3.63, 3.8) is 0 Å². The van der Waals surface area contributed by atoms with E-state index in [-0.39, 0.29) is 43.2 Å². The van der Waals surface area contributed by atoms with Crippen molar-refractivity contribution in [3.8, 4) is 0 Å². The predicted molar refractivity (Wildman–Crippen MR) is 225 cm³/mol. The predicted octanol–water partition coefficient (Wildman–Crippen LogP) is 1.21. The SMILES string of the molecule is NC(CCC(=O)NC(CSCCCCCCCCCCOC(=O)CCCCCCCSCC(NC(=O)CCC(N)C(=O)O)C(=O)NCC(=O)O)C(=O)NCC(=O)O)C(=O)O. The number of carbonyl (C=O) groups is 9. The zero-order valence-corrected chi connectivity index (χ0v) is 36.0. The molecule has 22 heteroatoms. The lowest BCUT2D eigenvalue weighted by Crippen LogP contribution is -2.49. The minimum atomic E-state index is -1.24. The van der Waals surface area contributed by atoms with E-state index >= 15 is 0 Å². The highest BCUT2D eigenvalue weighted by molar-refractivity contribution is 7.99. The lowest BCUT2D eigenvalue weighted by Gasteiger charge is -2.18. The third kappa shape index (κ3) is 32.7. The first-order valence-corrected chi connectivity index (χ1v) is 22.7. The van der Waals surface area contributed by atoms with Gasteiger partial charge in [0, 0.05) is 30.8 Å². The van der Waals surface area contributed by atoms with Gasteiger partial charge in [0.05, 0.1) is 6.61 Å². The van der Waals surface area contributed by atoms with Crippen LogP contribution in [0.3, 0.4) is 0 Å². The number of ether oxygens (including phenoxy) is 1. The number of rotatable bonds is 39. The number of carboxylic acid groups (broad SMARTS) is 4. The lowest BCUT2D eigenvalue weighted by molar-refractivity contribution is -0.144. The fraction of sp³-hybridized carbons (Fsp3) is 0.763. The number of unbranched alkanes of at least 4 members (excludes halogenated alkanes) is 11. The van der Waals surface area contributed by atoms with Crippen molar-refractivity contribution in [2.75, 3.05) is 42.7 Å². The van der Waals surface area contributed by atoms with Crippen molar-refractivity contribution in [3.05, 3.63) is 0 Å². The quantitative estimate of drug-likeness (QED) is 0.0306. The van der Waals surface area contributed by atoms with Crippen LogP contribution in [-0.4, -0.2) is 141 Å². The van der Waals surface area contributed by atoms with Crippen LogP contribution in [0.5, 0.6) is 0 Å². The van der Waals surface area contributed by atoms with Crippen LogP contribution in [0.4, 0.5) is 0 Å². The van der Waals surface area contributed by atoms with E-state index < -0.39 is 84.8 Å². The maximum atomic E-state index is 12.4. The fourth-order valence-electron chi connectivity index (χ4n) is 5.32. The van der Waals surface area contributed by atoms with Gasteiger partial charge in [-0.25, -0.2) is 0 Å². The van der Waals surface area contributed by atoms with Gasteiger partial charge in [0.2, 0.25) is 23.6 Å². The normalized spacial score (nSPS) is 12.9. The molecule has 0 heterocycles. The van der Waals surface area contributed by atoms with Crippen LogP contribution >= 0.6 is 23.5 Å². The van der Waals surface area contributed by atoms with Crippen molar-refractivity contribution in [2.45, 2.75) is 140 Å². The van der Waals surface area contributed by atoms with Gasteiger partial charge in [0.1, 0.15) is 37.3 Å². The summed E-state index contributed by atoms with van der Waals surface area (Å²) in [6, 6.07) is -4.35. The molecule has 0 aromatic heterocycles. The van der Waals surface area contributed by atoms with Crippen molar-refractivity contribution in [2.24, 2.45) is 11.5 Å². The van der Waals surface area contributed by atoms with E-state index in [1.165, 1.54) is 23.5 Å². The molecule has 0 fully saturated rings. The number of carboxylic acids is 4. The number of nitrogens with two attached hydrogens (primary N) is 2. The van der Waals surface area contributed by atoms with Crippen molar-refractivity contribution in [1.29, 1.82) is 0 Å². The molecule has 60 heavy (non-hydrogen) atoms. The molecule has 4 atom stereocenters. The first-order valence-electron chi connectivity index (χ1n) is 20.4. The highest BCUT2D eigenvalue weighted by Gasteiger charge is 2.24. The Hall–Kier alpha value is -4.15. The van der Waals surface area contributed by atoms with Crippen LogP contribution in [0.25, 0.3) is 0 Å². The summed E-state index contributed by atoms with van der Waals surface area (Å²) in [7, 11) is 0. The minimum absolute atomic E-state index is 0.0967.